The first-order valence-electron chi connectivity index (χ1n) is 9.46. The molecule has 0 fully saturated rings. The normalized spacial score (nSPS) is 11.3. The summed E-state index contributed by atoms with van der Waals surface area (Å²) in [5.74, 6) is 0.585. The molecule has 0 saturated heterocycles. The van der Waals surface area contributed by atoms with E-state index in [1.165, 1.54) is 6.08 Å². The Morgan fingerprint density at radius 2 is 2.04 bits per heavy atom. The smallest absolute Gasteiger partial charge is 0.267 e. The molecule has 0 atom stereocenters. The van der Waals surface area contributed by atoms with Gasteiger partial charge >= 0.3 is 0 Å². The van der Waals surface area contributed by atoms with E-state index < -0.39 is 5.91 Å². The maximum absolute atomic E-state index is 11.2. The zero-order valence-corrected chi connectivity index (χ0v) is 17.3. The number of benzene rings is 1. The van der Waals surface area contributed by atoms with Gasteiger partial charge in [-0.1, -0.05) is 33.3 Å². The van der Waals surface area contributed by atoms with Gasteiger partial charge in [-0.3, -0.25) is 10.0 Å². The molecule has 1 heterocycles. The first-order chi connectivity index (χ1) is 12.6. The molecular weight excluding hydrogens is 364 g/mol. The van der Waals surface area contributed by atoms with E-state index in [2.05, 4.69) is 36.3 Å². The number of hydroxylamine groups is 1. The van der Waals surface area contributed by atoms with Crippen LogP contribution in [0.5, 0.6) is 0 Å². The van der Waals surface area contributed by atoms with Crippen LogP contribution in [-0.2, 0) is 17.8 Å². The molecule has 0 saturated carbocycles. The number of hydrogen-bond donors (Lipinski definition) is 2. The van der Waals surface area contributed by atoms with Gasteiger partial charge in [0.25, 0.3) is 5.91 Å². The molecule has 2 rings (SSSR count). The Kier molecular flexibility index (Phi) is 10.1. The Labute approximate surface area is 167 Å². The highest BCUT2D eigenvalue weighted by molar-refractivity contribution is 5.91. The van der Waals surface area contributed by atoms with Gasteiger partial charge < -0.3 is 9.47 Å². The second-order valence-corrected chi connectivity index (χ2v) is 6.37. The lowest BCUT2D eigenvalue weighted by molar-refractivity contribution is -0.124. The molecule has 1 amide bonds. The maximum Gasteiger partial charge on any atom is 0.267 e. The first-order valence-corrected chi connectivity index (χ1v) is 9.46. The Morgan fingerprint density at radius 1 is 1.30 bits per heavy atom. The highest BCUT2D eigenvalue weighted by Gasteiger charge is 2.12. The van der Waals surface area contributed by atoms with Gasteiger partial charge in [0.15, 0.2) is 0 Å². The molecular formula is C20H31ClN4O2. The van der Waals surface area contributed by atoms with E-state index in [-0.39, 0.29) is 12.4 Å². The lowest BCUT2D eigenvalue weighted by Gasteiger charge is -2.19. The van der Waals surface area contributed by atoms with E-state index in [0.717, 1.165) is 67.9 Å². The first kappa shape index (κ1) is 23.1. The third kappa shape index (κ3) is 6.34. The minimum absolute atomic E-state index is 0. The Hall–Kier alpha value is -1.89. The van der Waals surface area contributed by atoms with Crippen molar-refractivity contribution in [2.24, 2.45) is 0 Å². The minimum atomic E-state index is -0.543. The van der Waals surface area contributed by atoms with E-state index in [4.69, 9.17) is 10.2 Å². The van der Waals surface area contributed by atoms with Gasteiger partial charge in [-0.05, 0) is 43.3 Å². The number of halogens is 1. The molecule has 150 valence electrons. The van der Waals surface area contributed by atoms with E-state index in [0.29, 0.717) is 0 Å². The predicted octanol–water partition coefficient (Wildman–Crippen LogP) is 3.66. The van der Waals surface area contributed by atoms with Crippen LogP contribution in [0.3, 0.4) is 0 Å². The highest BCUT2D eigenvalue weighted by atomic mass is 35.5. The van der Waals surface area contributed by atoms with Gasteiger partial charge in [0.05, 0.1) is 11.0 Å². The second kappa shape index (κ2) is 11.7. The van der Waals surface area contributed by atoms with Crippen molar-refractivity contribution in [1.82, 2.24) is 19.9 Å². The number of aryl methyl sites for hydroxylation is 1. The van der Waals surface area contributed by atoms with Gasteiger partial charge in [0.1, 0.15) is 5.82 Å². The van der Waals surface area contributed by atoms with E-state index in [1.54, 1.807) is 11.6 Å². The monoisotopic (exact) mass is 394 g/mol. The molecule has 1 aromatic heterocycles. The maximum atomic E-state index is 11.2. The van der Waals surface area contributed by atoms with Crippen molar-refractivity contribution < 1.29 is 10.0 Å². The molecule has 0 aliphatic rings. The largest absolute Gasteiger partial charge is 0.327 e. The van der Waals surface area contributed by atoms with E-state index in [1.807, 2.05) is 12.1 Å². The third-order valence-corrected chi connectivity index (χ3v) is 4.68. The number of carbonyl (C=O) groups excluding carboxylic acids is 1. The molecule has 0 aliphatic heterocycles. The number of rotatable bonds is 10. The number of likely N-dealkylation sites (N-methyl/N-ethyl adjacent to an activating group) is 1. The Bertz CT molecular complexity index is 754. The molecule has 6 nitrogen and oxygen atoms in total. The van der Waals surface area contributed by atoms with Gasteiger partial charge in [-0.15, -0.1) is 12.4 Å². The number of amides is 1. The van der Waals surface area contributed by atoms with Crippen LogP contribution in [0.15, 0.2) is 24.3 Å². The SMILES string of the molecule is CCCCc1nc2cc(/C=C/C(=O)NO)ccc2n1CCN(CC)CC.Cl. The van der Waals surface area contributed by atoms with Crippen LogP contribution >= 0.6 is 12.4 Å². The molecule has 7 heteroatoms. The Morgan fingerprint density at radius 3 is 2.67 bits per heavy atom. The second-order valence-electron chi connectivity index (χ2n) is 6.37. The Balaban J connectivity index is 0.00000364. The average Bonchev–Trinajstić information content (AvgIpc) is 3.01. The lowest BCUT2D eigenvalue weighted by atomic mass is 10.2. The van der Waals surface area contributed by atoms with Crippen LogP contribution in [-0.4, -0.2) is 45.2 Å². The quantitative estimate of drug-likeness (QED) is 0.366. The summed E-state index contributed by atoms with van der Waals surface area (Å²) in [5, 5.41) is 8.58. The number of hydrogen-bond acceptors (Lipinski definition) is 4. The summed E-state index contributed by atoms with van der Waals surface area (Å²) in [4.78, 5) is 18.4. The lowest BCUT2D eigenvalue weighted by Crippen LogP contribution is -2.27. The molecule has 2 aromatic rings. The highest BCUT2D eigenvalue weighted by Crippen LogP contribution is 2.20. The number of nitrogens with zero attached hydrogens (tertiary/aromatic N) is 3. The molecule has 2 N–H and O–H groups in total. The predicted molar refractivity (Wildman–Crippen MR) is 112 cm³/mol. The van der Waals surface area contributed by atoms with Crippen LogP contribution in [0.2, 0.25) is 0 Å². The third-order valence-electron chi connectivity index (χ3n) is 4.68. The molecule has 0 radical (unpaired) electrons. The van der Waals surface area contributed by atoms with Crippen molar-refractivity contribution in [3.05, 3.63) is 35.7 Å². The fourth-order valence-electron chi connectivity index (χ4n) is 3.07. The van der Waals surface area contributed by atoms with E-state index >= 15 is 0 Å². The topological polar surface area (TPSA) is 70.4 Å². The number of unbranched alkanes of at least 4 members (excludes halogenated alkanes) is 1. The average molecular weight is 395 g/mol. The number of imidazole rings is 1. The van der Waals surface area contributed by atoms with Crippen LogP contribution in [0.1, 0.15) is 45.0 Å². The summed E-state index contributed by atoms with van der Waals surface area (Å²) in [5.41, 5.74) is 4.56. The van der Waals surface area contributed by atoms with Crippen molar-refractivity contribution >= 4 is 35.4 Å². The fourth-order valence-corrected chi connectivity index (χ4v) is 3.07. The van der Waals surface area contributed by atoms with Gasteiger partial charge in [-0.25, -0.2) is 10.5 Å². The molecule has 0 bridgehead atoms. The van der Waals surface area contributed by atoms with Crippen molar-refractivity contribution in [1.29, 1.82) is 0 Å². The molecule has 27 heavy (non-hydrogen) atoms. The van der Waals surface area contributed by atoms with Crippen molar-refractivity contribution in [2.75, 3.05) is 19.6 Å². The number of carbonyl (C=O) groups is 1. The van der Waals surface area contributed by atoms with Gasteiger partial charge in [0, 0.05) is 25.6 Å². The van der Waals surface area contributed by atoms with Crippen molar-refractivity contribution in [2.45, 2.75) is 46.6 Å². The zero-order valence-electron chi connectivity index (χ0n) is 16.4. The fraction of sp³-hybridized carbons (Fsp3) is 0.500. The van der Waals surface area contributed by atoms with E-state index in [9.17, 15) is 4.79 Å². The van der Waals surface area contributed by atoms with Crippen LogP contribution in [0, 0.1) is 0 Å². The zero-order chi connectivity index (χ0) is 18.9. The van der Waals surface area contributed by atoms with Crippen molar-refractivity contribution in [3.8, 4) is 0 Å². The molecule has 0 aliphatic carbocycles. The summed E-state index contributed by atoms with van der Waals surface area (Å²) in [6, 6.07) is 6.03. The molecule has 0 unspecified atom stereocenters. The standard InChI is InChI=1S/C20H30N4O2.ClH/c1-4-7-8-19-21-17-15-16(10-12-20(25)22-26)9-11-18(17)24(19)14-13-23(5-2)6-3;/h9-12,15,26H,4-8,13-14H2,1-3H3,(H,22,25);1H/b12-10+;. The summed E-state index contributed by atoms with van der Waals surface area (Å²) in [6.45, 7) is 10.6. The van der Waals surface area contributed by atoms with Gasteiger partial charge in [-0.2, -0.15) is 0 Å². The summed E-state index contributed by atoms with van der Waals surface area (Å²) < 4.78 is 2.33. The summed E-state index contributed by atoms with van der Waals surface area (Å²) >= 11 is 0. The van der Waals surface area contributed by atoms with Gasteiger partial charge in [0.2, 0.25) is 0 Å². The van der Waals surface area contributed by atoms with Crippen molar-refractivity contribution in [3.63, 3.8) is 0 Å². The van der Waals surface area contributed by atoms with Crippen LogP contribution in [0.4, 0.5) is 0 Å². The summed E-state index contributed by atoms with van der Waals surface area (Å²) in [6.07, 6.45) is 6.21. The number of nitrogens with one attached hydrogen (secondary N) is 1. The van der Waals surface area contributed by atoms with Crippen LogP contribution < -0.4 is 5.48 Å². The van der Waals surface area contributed by atoms with Crippen LogP contribution in [0.25, 0.3) is 17.1 Å². The summed E-state index contributed by atoms with van der Waals surface area (Å²) in [7, 11) is 0. The number of fused-ring (bicyclic) bond motifs is 1. The molecule has 1 aromatic carbocycles. The minimum Gasteiger partial charge on any atom is -0.327 e. The number of aromatic nitrogens is 2. The molecule has 0 spiro atoms.